The lowest BCUT2D eigenvalue weighted by Crippen LogP contribution is -2.06. The Morgan fingerprint density at radius 3 is 2.75 bits per heavy atom. The molecular formula is C15H14FN3O. The van der Waals surface area contributed by atoms with Gasteiger partial charge in [0, 0.05) is 12.6 Å². The van der Waals surface area contributed by atoms with E-state index in [9.17, 15) is 4.39 Å². The molecular weight excluding hydrogens is 257 g/mol. The second kappa shape index (κ2) is 5.30. The van der Waals surface area contributed by atoms with Crippen LogP contribution < -0.4 is 10.5 Å². The molecule has 0 aliphatic heterocycles. The molecule has 0 unspecified atom stereocenters. The van der Waals surface area contributed by atoms with Gasteiger partial charge in [0.2, 0.25) is 5.88 Å². The number of pyridine rings is 1. The van der Waals surface area contributed by atoms with Gasteiger partial charge in [0.15, 0.2) is 11.6 Å². The molecule has 4 nitrogen and oxygen atoms in total. The molecule has 2 heterocycles. The summed E-state index contributed by atoms with van der Waals surface area (Å²) in [5, 5.41) is 0. The summed E-state index contributed by atoms with van der Waals surface area (Å²) < 4.78 is 21.2. The second-order valence-electron chi connectivity index (χ2n) is 4.36. The number of nitrogens with two attached hydrogens (primary N) is 1. The van der Waals surface area contributed by atoms with Gasteiger partial charge in [-0.3, -0.25) is 0 Å². The van der Waals surface area contributed by atoms with E-state index < -0.39 is 5.82 Å². The third-order valence-corrected chi connectivity index (χ3v) is 3.02. The summed E-state index contributed by atoms with van der Waals surface area (Å²) in [5.74, 6) is 0.143. The van der Waals surface area contributed by atoms with E-state index in [1.165, 1.54) is 6.07 Å². The largest absolute Gasteiger partial charge is 0.434 e. The number of nitrogens with zero attached hydrogens (tertiary/aromatic N) is 2. The molecule has 20 heavy (non-hydrogen) atoms. The van der Waals surface area contributed by atoms with Crippen molar-refractivity contribution in [3.05, 3.63) is 60.2 Å². The third-order valence-electron chi connectivity index (χ3n) is 3.02. The van der Waals surface area contributed by atoms with Gasteiger partial charge in [-0.1, -0.05) is 18.2 Å². The van der Waals surface area contributed by atoms with Gasteiger partial charge in [0.1, 0.15) is 5.65 Å². The zero-order valence-corrected chi connectivity index (χ0v) is 10.8. The zero-order chi connectivity index (χ0) is 13.9. The van der Waals surface area contributed by atoms with E-state index in [2.05, 4.69) is 4.98 Å². The molecule has 0 radical (unpaired) electrons. The van der Waals surface area contributed by atoms with Crippen molar-refractivity contribution in [3.8, 4) is 11.6 Å². The molecule has 0 fully saturated rings. The number of imidazole rings is 1. The lowest BCUT2D eigenvalue weighted by atomic mass is 10.3. The molecule has 3 aromatic rings. The van der Waals surface area contributed by atoms with Gasteiger partial charge in [-0.25, -0.2) is 4.39 Å². The molecule has 0 aliphatic carbocycles. The van der Waals surface area contributed by atoms with Crippen LogP contribution in [0.3, 0.4) is 0 Å². The van der Waals surface area contributed by atoms with Gasteiger partial charge in [-0.2, -0.15) is 4.98 Å². The Hall–Kier alpha value is -2.40. The highest BCUT2D eigenvalue weighted by Gasteiger charge is 2.14. The zero-order valence-electron chi connectivity index (χ0n) is 10.8. The Labute approximate surface area is 115 Å². The molecule has 0 saturated heterocycles. The molecule has 0 bridgehead atoms. The fraction of sp³-hybridized carbons (Fsp3) is 0.133. The maximum atomic E-state index is 13.7. The Morgan fingerprint density at radius 2 is 1.95 bits per heavy atom. The van der Waals surface area contributed by atoms with Gasteiger partial charge >= 0.3 is 0 Å². The van der Waals surface area contributed by atoms with Crippen molar-refractivity contribution < 1.29 is 9.13 Å². The smallest absolute Gasteiger partial charge is 0.241 e. The van der Waals surface area contributed by atoms with E-state index in [-0.39, 0.29) is 5.75 Å². The average molecular weight is 271 g/mol. The van der Waals surface area contributed by atoms with E-state index in [4.69, 9.17) is 10.5 Å². The fourth-order valence-corrected chi connectivity index (χ4v) is 2.10. The molecule has 0 atom stereocenters. The molecule has 102 valence electrons. The summed E-state index contributed by atoms with van der Waals surface area (Å²) in [5.41, 5.74) is 7.22. The van der Waals surface area contributed by atoms with Crippen molar-refractivity contribution in [1.29, 1.82) is 0 Å². The number of fused-ring (bicyclic) bond motifs is 1. The summed E-state index contributed by atoms with van der Waals surface area (Å²) in [6.07, 6.45) is 2.50. The lowest BCUT2D eigenvalue weighted by molar-refractivity contribution is 0.425. The summed E-state index contributed by atoms with van der Waals surface area (Å²) in [6, 6.07) is 11.9. The Bertz CT molecular complexity index is 739. The molecule has 0 spiro atoms. The predicted octanol–water partition coefficient (Wildman–Crippen LogP) is 2.77. The minimum Gasteiger partial charge on any atom is -0.434 e. The van der Waals surface area contributed by atoms with Crippen LogP contribution in [0.1, 0.15) is 5.69 Å². The van der Waals surface area contributed by atoms with Crippen molar-refractivity contribution in [2.24, 2.45) is 5.73 Å². The van der Waals surface area contributed by atoms with Crippen molar-refractivity contribution >= 4 is 5.65 Å². The predicted molar refractivity (Wildman–Crippen MR) is 74.4 cm³/mol. The summed E-state index contributed by atoms with van der Waals surface area (Å²) in [6.45, 7) is 0.469. The van der Waals surface area contributed by atoms with Crippen molar-refractivity contribution in [1.82, 2.24) is 9.38 Å². The highest BCUT2D eigenvalue weighted by molar-refractivity contribution is 5.47. The second-order valence-corrected chi connectivity index (χ2v) is 4.36. The number of halogens is 1. The number of hydrogen-bond acceptors (Lipinski definition) is 3. The van der Waals surface area contributed by atoms with Crippen LogP contribution in [-0.4, -0.2) is 15.9 Å². The van der Waals surface area contributed by atoms with Gasteiger partial charge < -0.3 is 14.9 Å². The first-order valence-electron chi connectivity index (χ1n) is 6.38. The first-order chi connectivity index (χ1) is 9.79. The van der Waals surface area contributed by atoms with Crippen molar-refractivity contribution in [3.63, 3.8) is 0 Å². The van der Waals surface area contributed by atoms with Crippen LogP contribution in [0, 0.1) is 5.82 Å². The molecule has 2 aromatic heterocycles. The standard InChI is InChI=1S/C15H14FN3O/c16-11-5-1-2-6-13(11)20-15-12(8-9-17)19-10-4-3-7-14(19)18-15/h1-7,10H,8-9,17H2. The number of aromatic nitrogens is 2. The van der Waals surface area contributed by atoms with E-state index in [0.717, 1.165) is 11.3 Å². The Balaban J connectivity index is 2.06. The Kier molecular flexibility index (Phi) is 3.35. The van der Waals surface area contributed by atoms with Crippen molar-refractivity contribution in [2.75, 3.05) is 6.54 Å². The number of para-hydroxylation sites is 1. The van der Waals surface area contributed by atoms with Gasteiger partial charge in [0.05, 0.1) is 5.69 Å². The molecule has 2 N–H and O–H groups in total. The number of benzene rings is 1. The van der Waals surface area contributed by atoms with Gasteiger partial charge in [-0.05, 0) is 30.8 Å². The Morgan fingerprint density at radius 1 is 1.15 bits per heavy atom. The maximum Gasteiger partial charge on any atom is 0.241 e. The minimum absolute atomic E-state index is 0.161. The van der Waals surface area contributed by atoms with E-state index >= 15 is 0 Å². The van der Waals surface area contributed by atoms with Crippen LogP contribution in [-0.2, 0) is 6.42 Å². The summed E-state index contributed by atoms with van der Waals surface area (Å²) in [7, 11) is 0. The van der Waals surface area contributed by atoms with E-state index in [0.29, 0.717) is 18.8 Å². The first kappa shape index (κ1) is 12.6. The van der Waals surface area contributed by atoms with Crippen LogP contribution >= 0.6 is 0 Å². The highest BCUT2D eigenvalue weighted by atomic mass is 19.1. The summed E-state index contributed by atoms with van der Waals surface area (Å²) in [4.78, 5) is 4.39. The molecule has 5 heteroatoms. The van der Waals surface area contributed by atoms with Gasteiger partial charge in [0.25, 0.3) is 0 Å². The van der Waals surface area contributed by atoms with Crippen LogP contribution in [0.25, 0.3) is 5.65 Å². The third kappa shape index (κ3) is 2.23. The molecule has 1 aromatic carbocycles. The molecule has 0 aliphatic rings. The van der Waals surface area contributed by atoms with Crippen LogP contribution in [0.5, 0.6) is 11.6 Å². The lowest BCUT2D eigenvalue weighted by Gasteiger charge is -2.06. The molecule has 0 amide bonds. The normalized spacial score (nSPS) is 10.9. The fourth-order valence-electron chi connectivity index (χ4n) is 2.10. The molecule has 3 rings (SSSR count). The average Bonchev–Trinajstić information content (AvgIpc) is 2.80. The number of hydrogen-bond donors (Lipinski definition) is 1. The van der Waals surface area contributed by atoms with E-state index in [1.807, 2.05) is 28.8 Å². The van der Waals surface area contributed by atoms with E-state index in [1.54, 1.807) is 18.2 Å². The monoisotopic (exact) mass is 271 g/mol. The summed E-state index contributed by atoms with van der Waals surface area (Å²) >= 11 is 0. The SMILES string of the molecule is NCCc1c(Oc2ccccc2F)nc2ccccn12. The first-order valence-corrected chi connectivity index (χ1v) is 6.38. The van der Waals surface area contributed by atoms with Crippen LogP contribution in [0.2, 0.25) is 0 Å². The van der Waals surface area contributed by atoms with Crippen LogP contribution in [0.15, 0.2) is 48.7 Å². The number of ether oxygens (including phenoxy) is 1. The number of rotatable bonds is 4. The quantitative estimate of drug-likeness (QED) is 0.793. The van der Waals surface area contributed by atoms with Crippen molar-refractivity contribution in [2.45, 2.75) is 6.42 Å². The molecule has 0 saturated carbocycles. The van der Waals surface area contributed by atoms with Crippen LogP contribution in [0.4, 0.5) is 4.39 Å². The maximum absolute atomic E-state index is 13.7. The van der Waals surface area contributed by atoms with Gasteiger partial charge in [-0.15, -0.1) is 0 Å². The topological polar surface area (TPSA) is 52.5 Å². The highest BCUT2D eigenvalue weighted by Crippen LogP contribution is 2.27. The minimum atomic E-state index is -0.414.